The number of para-hydroxylation sites is 1. The fourth-order valence-electron chi connectivity index (χ4n) is 2.59. The molecule has 2 heterocycles. The normalized spacial score (nSPS) is 12.1. The molecule has 24 heavy (non-hydrogen) atoms. The number of ether oxygens (including phenoxy) is 1. The third kappa shape index (κ3) is 3.60. The standard InChI is InChI=1S/C18H20N4O2/c1-13-4-3-5-14(2)17(13)24-12-15(23)11-22-9-8-21-18(22)16-10-19-6-7-20-16/h3-10,15,23H,11-12H2,1-2H3. The molecule has 0 fully saturated rings. The van der Waals surface area contributed by atoms with Gasteiger partial charge in [0.15, 0.2) is 5.82 Å². The maximum atomic E-state index is 10.3. The highest BCUT2D eigenvalue weighted by Gasteiger charge is 2.13. The molecule has 3 rings (SSSR count). The molecule has 0 saturated carbocycles. The monoisotopic (exact) mass is 324 g/mol. The third-order valence-corrected chi connectivity index (χ3v) is 3.74. The fourth-order valence-corrected chi connectivity index (χ4v) is 2.59. The lowest BCUT2D eigenvalue weighted by Crippen LogP contribution is -2.24. The second-order valence-electron chi connectivity index (χ2n) is 5.68. The molecule has 0 aliphatic carbocycles. The van der Waals surface area contributed by atoms with E-state index in [4.69, 9.17) is 4.74 Å². The van der Waals surface area contributed by atoms with E-state index in [9.17, 15) is 5.11 Å². The molecule has 0 aliphatic rings. The Morgan fingerprint density at radius 3 is 2.62 bits per heavy atom. The van der Waals surface area contributed by atoms with Gasteiger partial charge in [0.2, 0.25) is 0 Å². The van der Waals surface area contributed by atoms with Crippen LogP contribution in [-0.2, 0) is 6.54 Å². The number of aliphatic hydroxyl groups is 1. The van der Waals surface area contributed by atoms with Crippen LogP contribution in [0.25, 0.3) is 11.5 Å². The second kappa shape index (κ2) is 7.23. The average Bonchev–Trinajstić information content (AvgIpc) is 3.03. The van der Waals surface area contributed by atoms with Gasteiger partial charge in [0, 0.05) is 24.8 Å². The molecule has 3 aromatic rings. The lowest BCUT2D eigenvalue weighted by atomic mass is 10.1. The van der Waals surface area contributed by atoms with Gasteiger partial charge < -0.3 is 14.4 Å². The summed E-state index contributed by atoms with van der Waals surface area (Å²) in [7, 11) is 0. The number of rotatable bonds is 6. The average molecular weight is 324 g/mol. The zero-order valence-electron chi connectivity index (χ0n) is 13.8. The Hall–Kier alpha value is -2.73. The van der Waals surface area contributed by atoms with Crippen molar-refractivity contribution in [3.05, 3.63) is 60.3 Å². The number of hydrogen-bond acceptors (Lipinski definition) is 5. The van der Waals surface area contributed by atoms with Crippen molar-refractivity contribution in [2.24, 2.45) is 0 Å². The van der Waals surface area contributed by atoms with E-state index in [2.05, 4.69) is 15.0 Å². The smallest absolute Gasteiger partial charge is 0.160 e. The van der Waals surface area contributed by atoms with Gasteiger partial charge in [0.1, 0.15) is 24.2 Å². The largest absolute Gasteiger partial charge is 0.490 e. The first kappa shape index (κ1) is 16.1. The van der Waals surface area contributed by atoms with E-state index in [1.807, 2.05) is 42.8 Å². The lowest BCUT2D eigenvalue weighted by molar-refractivity contribution is 0.0922. The maximum absolute atomic E-state index is 10.3. The van der Waals surface area contributed by atoms with Gasteiger partial charge in [-0.2, -0.15) is 0 Å². The van der Waals surface area contributed by atoms with E-state index in [1.54, 1.807) is 24.8 Å². The van der Waals surface area contributed by atoms with Gasteiger partial charge in [-0.1, -0.05) is 18.2 Å². The quantitative estimate of drug-likeness (QED) is 0.754. The first-order chi connectivity index (χ1) is 11.6. The molecule has 6 heteroatoms. The minimum Gasteiger partial charge on any atom is -0.490 e. The zero-order valence-corrected chi connectivity index (χ0v) is 13.8. The number of aryl methyl sites for hydroxylation is 2. The van der Waals surface area contributed by atoms with Crippen LogP contribution in [0.1, 0.15) is 11.1 Å². The molecule has 1 unspecified atom stereocenters. The molecule has 0 saturated heterocycles. The van der Waals surface area contributed by atoms with Crippen LogP contribution in [0.2, 0.25) is 0 Å². The van der Waals surface area contributed by atoms with Crippen molar-refractivity contribution >= 4 is 0 Å². The van der Waals surface area contributed by atoms with Crippen LogP contribution in [0, 0.1) is 13.8 Å². The molecule has 1 aromatic carbocycles. The van der Waals surface area contributed by atoms with Crippen LogP contribution in [0.4, 0.5) is 0 Å². The minimum atomic E-state index is -0.659. The predicted molar refractivity (Wildman–Crippen MR) is 90.7 cm³/mol. The van der Waals surface area contributed by atoms with Crippen molar-refractivity contribution < 1.29 is 9.84 Å². The molecule has 1 atom stereocenters. The topological polar surface area (TPSA) is 73.1 Å². The summed E-state index contributed by atoms with van der Waals surface area (Å²) in [5.74, 6) is 1.51. The molecule has 2 aromatic heterocycles. The van der Waals surface area contributed by atoms with Gasteiger partial charge in [0.25, 0.3) is 0 Å². The maximum Gasteiger partial charge on any atom is 0.160 e. The van der Waals surface area contributed by atoms with Crippen LogP contribution >= 0.6 is 0 Å². The Morgan fingerprint density at radius 2 is 1.92 bits per heavy atom. The highest BCUT2D eigenvalue weighted by atomic mass is 16.5. The molecule has 0 aliphatic heterocycles. The van der Waals surface area contributed by atoms with Gasteiger partial charge in [-0.05, 0) is 25.0 Å². The lowest BCUT2D eigenvalue weighted by Gasteiger charge is -2.17. The van der Waals surface area contributed by atoms with Crippen LogP contribution < -0.4 is 4.74 Å². The zero-order chi connectivity index (χ0) is 16.9. The Bertz CT molecular complexity index is 782. The van der Waals surface area contributed by atoms with Gasteiger partial charge in [0.05, 0.1) is 12.7 Å². The predicted octanol–water partition coefficient (Wildman–Crippen LogP) is 2.40. The Balaban J connectivity index is 1.66. The van der Waals surface area contributed by atoms with E-state index in [1.165, 1.54) is 0 Å². The number of aliphatic hydroxyl groups excluding tert-OH is 1. The number of nitrogens with zero attached hydrogens (tertiary/aromatic N) is 4. The Kier molecular flexibility index (Phi) is 4.86. The molecule has 0 bridgehead atoms. The molecule has 124 valence electrons. The number of aromatic nitrogens is 4. The van der Waals surface area contributed by atoms with Gasteiger partial charge in [-0.3, -0.25) is 4.98 Å². The molecule has 0 radical (unpaired) electrons. The molecule has 0 amide bonds. The summed E-state index contributed by atoms with van der Waals surface area (Å²) >= 11 is 0. The third-order valence-electron chi connectivity index (χ3n) is 3.74. The SMILES string of the molecule is Cc1cccc(C)c1OCC(O)Cn1ccnc1-c1cnccn1. The molecule has 1 N–H and O–H groups in total. The highest BCUT2D eigenvalue weighted by Crippen LogP contribution is 2.22. The summed E-state index contributed by atoms with van der Waals surface area (Å²) in [5.41, 5.74) is 2.79. The van der Waals surface area contributed by atoms with Crippen LogP contribution in [0.5, 0.6) is 5.75 Å². The second-order valence-corrected chi connectivity index (χ2v) is 5.68. The highest BCUT2D eigenvalue weighted by molar-refractivity contribution is 5.47. The van der Waals surface area contributed by atoms with Crippen molar-refractivity contribution in [1.82, 2.24) is 19.5 Å². The van der Waals surface area contributed by atoms with Crippen molar-refractivity contribution in [1.29, 1.82) is 0 Å². The van der Waals surface area contributed by atoms with E-state index >= 15 is 0 Å². The van der Waals surface area contributed by atoms with E-state index in [-0.39, 0.29) is 6.61 Å². The van der Waals surface area contributed by atoms with Gasteiger partial charge >= 0.3 is 0 Å². The van der Waals surface area contributed by atoms with Gasteiger partial charge in [-0.15, -0.1) is 0 Å². The van der Waals surface area contributed by atoms with Crippen LogP contribution in [0.15, 0.2) is 49.2 Å². The summed E-state index contributed by atoms with van der Waals surface area (Å²) in [5, 5.41) is 10.3. The Labute approximate surface area is 140 Å². The van der Waals surface area contributed by atoms with Crippen molar-refractivity contribution in [3.8, 4) is 17.3 Å². The summed E-state index contributed by atoms with van der Waals surface area (Å²) in [6, 6.07) is 5.99. The summed E-state index contributed by atoms with van der Waals surface area (Å²) < 4.78 is 7.66. The summed E-state index contributed by atoms with van der Waals surface area (Å²) in [6.07, 6.45) is 7.72. The molecular formula is C18H20N4O2. The summed E-state index contributed by atoms with van der Waals surface area (Å²) in [6.45, 7) is 4.58. The first-order valence-electron chi connectivity index (χ1n) is 7.79. The van der Waals surface area contributed by atoms with Crippen LogP contribution in [-0.4, -0.2) is 37.3 Å². The van der Waals surface area contributed by atoms with Crippen molar-refractivity contribution in [2.75, 3.05) is 6.61 Å². The van der Waals surface area contributed by atoms with E-state index in [0.717, 1.165) is 16.9 Å². The summed E-state index contributed by atoms with van der Waals surface area (Å²) in [4.78, 5) is 12.6. The Morgan fingerprint density at radius 1 is 1.12 bits per heavy atom. The fraction of sp³-hybridized carbons (Fsp3) is 0.278. The number of benzene rings is 1. The first-order valence-corrected chi connectivity index (χ1v) is 7.79. The van der Waals surface area contributed by atoms with E-state index in [0.29, 0.717) is 18.1 Å². The minimum absolute atomic E-state index is 0.212. The number of imidazole rings is 1. The number of hydrogen-bond donors (Lipinski definition) is 1. The molecule has 6 nitrogen and oxygen atoms in total. The van der Waals surface area contributed by atoms with Gasteiger partial charge in [-0.25, -0.2) is 9.97 Å². The van der Waals surface area contributed by atoms with Crippen LogP contribution in [0.3, 0.4) is 0 Å². The molecule has 0 spiro atoms. The molecular weight excluding hydrogens is 304 g/mol. The van der Waals surface area contributed by atoms with Crippen molar-refractivity contribution in [2.45, 2.75) is 26.5 Å². The van der Waals surface area contributed by atoms with Crippen molar-refractivity contribution in [3.63, 3.8) is 0 Å². The van der Waals surface area contributed by atoms with E-state index < -0.39 is 6.10 Å².